The number of hydrogen-bond donors (Lipinski definition) is 0. The first kappa shape index (κ1) is 13.9. The van der Waals surface area contributed by atoms with Gasteiger partial charge in [0.25, 0.3) is 0 Å². The SMILES string of the molecule is CCCCc1cc(=O)c2ccccc2n1CCCC. The lowest BCUT2D eigenvalue weighted by Crippen LogP contribution is -2.14. The minimum atomic E-state index is 0.162. The van der Waals surface area contributed by atoms with E-state index in [4.69, 9.17) is 0 Å². The highest BCUT2D eigenvalue weighted by molar-refractivity contribution is 5.79. The molecular weight excluding hydrogens is 234 g/mol. The van der Waals surface area contributed by atoms with Crippen molar-refractivity contribution < 1.29 is 0 Å². The summed E-state index contributed by atoms with van der Waals surface area (Å²) in [5, 5.41) is 0.846. The highest BCUT2D eigenvalue weighted by Gasteiger charge is 2.08. The Bertz CT molecular complexity index is 598. The van der Waals surface area contributed by atoms with Gasteiger partial charge in [0.1, 0.15) is 0 Å². The van der Waals surface area contributed by atoms with Crippen molar-refractivity contribution in [2.45, 2.75) is 52.5 Å². The van der Waals surface area contributed by atoms with Gasteiger partial charge in [-0.3, -0.25) is 4.79 Å². The lowest BCUT2D eigenvalue weighted by molar-refractivity contribution is 0.609. The van der Waals surface area contributed by atoms with Crippen LogP contribution < -0.4 is 5.43 Å². The normalized spacial score (nSPS) is 11.1. The van der Waals surface area contributed by atoms with Crippen molar-refractivity contribution in [3.63, 3.8) is 0 Å². The molecule has 2 heteroatoms. The van der Waals surface area contributed by atoms with E-state index in [1.165, 1.54) is 12.1 Å². The lowest BCUT2D eigenvalue weighted by Gasteiger charge is -2.16. The fourth-order valence-electron chi connectivity index (χ4n) is 2.52. The van der Waals surface area contributed by atoms with Gasteiger partial charge in [-0.2, -0.15) is 0 Å². The Morgan fingerprint density at radius 1 is 1.05 bits per heavy atom. The quantitative estimate of drug-likeness (QED) is 0.762. The van der Waals surface area contributed by atoms with Crippen LogP contribution in [0.15, 0.2) is 35.1 Å². The zero-order valence-corrected chi connectivity index (χ0v) is 12.0. The Morgan fingerprint density at radius 2 is 1.79 bits per heavy atom. The highest BCUT2D eigenvalue weighted by atomic mass is 16.1. The molecule has 0 aliphatic rings. The Morgan fingerprint density at radius 3 is 2.53 bits per heavy atom. The molecule has 1 aromatic heterocycles. The molecule has 1 heterocycles. The topological polar surface area (TPSA) is 22.0 Å². The fraction of sp³-hybridized carbons (Fsp3) is 0.471. The summed E-state index contributed by atoms with van der Waals surface area (Å²) in [5.74, 6) is 0. The summed E-state index contributed by atoms with van der Waals surface area (Å²) in [5.41, 5.74) is 2.45. The molecule has 0 radical (unpaired) electrons. The predicted octanol–water partition coefficient (Wildman–Crippen LogP) is 4.14. The van der Waals surface area contributed by atoms with Gasteiger partial charge in [-0.15, -0.1) is 0 Å². The van der Waals surface area contributed by atoms with Gasteiger partial charge in [0.05, 0.1) is 5.52 Å². The van der Waals surface area contributed by atoms with Gasteiger partial charge < -0.3 is 4.57 Å². The third-order valence-electron chi connectivity index (χ3n) is 3.63. The van der Waals surface area contributed by atoms with Crippen LogP contribution in [0.1, 0.15) is 45.2 Å². The highest BCUT2D eigenvalue weighted by Crippen LogP contribution is 2.16. The first-order valence-electron chi connectivity index (χ1n) is 7.39. The Hall–Kier alpha value is -1.57. The van der Waals surface area contributed by atoms with Gasteiger partial charge in [-0.05, 0) is 31.4 Å². The molecular formula is C17H23NO. The fourth-order valence-corrected chi connectivity index (χ4v) is 2.52. The van der Waals surface area contributed by atoms with Gasteiger partial charge in [0, 0.05) is 23.7 Å². The van der Waals surface area contributed by atoms with Gasteiger partial charge in [0.2, 0.25) is 0 Å². The zero-order valence-electron chi connectivity index (χ0n) is 12.0. The van der Waals surface area contributed by atoms with E-state index in [2.05, 4.69) is 24.5 Å². The van der Waals surface area contributed by atoms with Gasteiger partial charge in [0.15, 0.2) is 5.43 Å². The summed E-state index contributed by atoms with van der Waals surface area (Å²) in [6.07, 6.45) is 5.64. The average molecular weight is 257 g/mol. The van der Waals surface area contributed by atoms with Gasteiger partial charge >= 0.3 is 0 Å². The summed E-state index contributed by atoms with van der Waals surface area (Å²) >= 11 is 0. The number of fused-ring (bicyclic) bond motifs is 1. The summed E-state index contributed by atoms with van der Waals surface area (Å²) in [6.45, 7) is 5.41. The third-order valence-corrected chi connectivity index (χ3v) is 3.63. The molecule has 0 spiro atoms. The van der Waals surface area contributed by atoms with Crippen LogP contribution in [-0.2, 0) is 13.0 Å². The van der Waals surface area contributed by atoms with E-state index in [0.717, 1.165) is 43.1 Å². The molecule has 0 unspecified atom stereocenters. The largest absolute Gasteiger partial charge is 0.344 e. The van der Waals surface area contributed by atoms with Crippen LogP contribution in [0, 0.1) is 0 Å². The van der Waals surface area contributed by atoms with Crippen molar-refractivity contribution in [3.8, 4) is 0 Å². The third kappa shape index (κ3) is 3.06. The molecule has 2 aromatic rings. The lowest BCUT2D eigenvalue weighted by atomic mass is 10.1. The number of aryl methyl sites for hydroxylation is 2. The Labute approximate surface area is 115 Å². The minimum Gasteiger partial charge on any atom is -0.344 e. The summed E-state index contributed by atoms with van der Waals surface area (Å²) in [4.78, 5) is 12.2. The van der Waals surface area contributed by atoms with E-state index in [1.807, 2.05) is 24.3 Å². The Balaban J connectivity index is 2.55. The second-order valence-electron chi connectivity index (χ2n) is 5.13. The number of rotatable bonds is 6. The maximum Gasteiger partial charge on any atom is 0.189 e. The van der Waals surface area contributed by atoms with Gasteiger partial charge in [-0.25, -0.2) is 0 Å². The number of aromatic nitrogens is 1. The molecule has 0 amide bonds. The van der Waals surface area contributed by atoms with E-state index in [1.54, 1.807) is 0 Å². The molecule has 0 N–H and O–H groups in total. The molecule has 0 bridgehead atoms. The molecule has 0 aliphatic heterocycles. The molecule has 0 fully saturated rings. The van der Waals surface area contributed by atoms with Crippen LogP contribution in [0.25, 0.3) is 10.9 Å². The molecule has 102 valence electrons. The molecule has 2 nitrogen and oxygen atoms in total. The maximum atomic E-state index is 12.2. The van der Waals surface area contributed by atoms with Crippen LogP contribution in [0.2, 0.25) is 0 Å². The minimum absolute atomic E-state index is 0.162. The van der Waals surface area contributed by atoms with E-state index in [9.17, 15) is 4.79 Å². The van der Waals surface area contributed by atoms with Crippen molar-refractivity contribution in [3.05, 3.63) is 46.2 Å². The maximum absolute atomic E-state index is 12.2. The second-order valence-corrected chi connectivity index (χ2v) is 5.13. The van der Waals surface area contributed by atoms with Crippen molar-refractivity contribution in [1.82, 2.24) is 4.57 Å². The van der Waals surface area contributed by atoms with Crippen molar-refractivity contribution in [2.24, 2.45) is 0 Å². The zero-order chi connectivity index (χ0) is 13.7. The first-order chi connectivity index (χ1) is 9.27. The predicted molar refractivity (Wildman–Crippen MR) is 81.7 cm³/mol. The van der Waals surface area contributed by atoms with E-state index < -0.39 is 0 Å². The van der Waals surface area contributed by atoms with E-state index in [0.29, 0.717) is 0 Å². The van der Waals surface area contributed by atoms with Crippen LogP contribution in [0.4, 0.5) is 0 Å². The van der Waals surface area contributed by atoms with Crippen LogP contribution in [0.3, 0.4) is 0 Å². The Kier molecular flexibility index (Phi) is 4.78. The van der Waals surface area contributed by atoms with Crippen molar-refractivity contribution in [1.29, 1.82) is 0 Å². The summed E-state index contributed by atoms with van der Waals surface area (Å²) in [6, 6.07) is 9.81. The summed E-state index contributed by atoms with van der Waals surface area (Å²) in [7, 11) is 0. The number of hydrogen-bond acceptors (Lipinski definition) is 1. The smallest absolute Gasteiger partial charge is 0.189 e. The monoisotopic (exact) mass is 257 g/mol. The molecule has 0 aliphatic carbocycles. The average Bonchev–Trinajstić information content (AvgIpc) is 2.44. The molecule has 0 saturated heterocycles. The number of benzene rings is 1. The number of para-hydroxylation sites is 1. The first-order valence-corrected chi connectivity index (χ1v) is 7.39. The molecule has 2 rings (SSSR count). The molecule has 0 saturated carbocycles. The number of nitrogens with zero attached hydrogens (tertiary/aromatic N) is 1. The van der Waals surface area contributed by atoms with Gasteiger partial charge in [-0.1, -0.05) is 38.8 Å². The van der Waals surface area contributed by atoms with E-state index >= 15 is 0 Å². The van der Waals surface area contributed by atoms with Crippen LogP contribution >= 0.6 is 0 Å². The molecule has 0 atom stereocenters. The molecule has 1 aromatic carbocycles. The molecule has 19 heavy (non-hydrogen) atoms. The summed E-state index contributed by atoms with van der Waals surface area (Å²) < 4.78 is 2.34. The van der Waals surface area contributed by atoms with Crippen molar-refractivity contribution in [2.75, 3.05) is 0 Å². The van der Waals surface area contributed by atoms with Crippen LogP contribution in [-0.4, -0.2) is 4.57 Å². The standard InChI is InChI=1S/C17H23NO/c1-3-5-9-14-13-17(19)15-10-7-8-11-16(15)18(14)12-6-4-2/h7-8,10-11,13H,3-6,9,12H2,1-2H3. The number of pyridine rings is 1. The number of unbranched alkanes of at least 4 members (excludes halogenated alkanes) is 2. The van der Waals surface area contributed by atoms with Crippen molar-refractivity contribution >= 4 is 10.9 Å². The van der Waals surface area contributed by atoms with Crippen LogP contribution in [0.5, 0.6) is 0 Å². The second kappa shape index (κ2) is 6.55. The van der Waals surface area contributed by atoms with E-state index in [-0.39, 0.29) is 5.43 Å².